The van der Waals surface area contributed by atoms with E-state index in [9.17, 15) is 0 Å². The molecule has 13 heavy (non-hydrogen) atoms. The van der Waals surface area contributed by atoms with Gasteiger partial charge in [0.2, 0.25) is 0 Å². The summed E-state index contributed by atoms with van der Waals surface area (Å²) in [7, 11) is 0. The Morgan fingerprint density at radius 3 is 2.62 bits per heavy atom. The van der Waals surface area contributed by atoms with Crippen LogP contribution in [0.1, 0.15) is 38.3 Å². The lowest BCUT2D eigenvalue weighted by molar-refractivity contribution is 0.522. The molecule has 0 N–H and O–H groups in total. The Labute approximate surface area is 78.7 Å². The van der Waals surface area contributed by atoms with Gasteiger partial charge in [-0.3, -0.25) is 0 Å². The highest BCUT2D eigenvalue weighted by Gasteiger charge is 2.26. The Hall–Kier alpha value is -1.18. The summed E-state index contributed by atoms with van der Waals surface area (Å²) in [6.07, 6.45) is 7.13. The van der Waals surface area contributed by atoms with Crippen molar-refractivity contribution in [3.05, 3.63) is 29.6 Å². The van der Waals surface area contributed by atoms with Crippen molar-refractivity contribution < 1.29 is 0 Å². The normalized spacial score (nSPS) is 19.2. The fraction of sp³-hybridized carbons (Fsp3) is 0.455. The second kappa shape index (κ2) is 2.66. The van der Waals surface area contributed by atoms with Crippen LogP contribution in [0.25, 0.3) is 5.57 Å². The van der Waals surface area contributed by atoms with Crippen molar-refractivity contribution in [2.45, 2.75) is 32.6 Å². The zero-order valence-electron chi connectivity index (χ0n) is 8.33. The average Bonchev–Trinajstić information content (AvgIpc) is 2.13. The number of hydrogen-bond donors (Lipinski definition) is 0. The molecule has 0 aliphatic heterocycles. The first-order valence-corrected chi connectivity index (χ1v) is 4.59. The molecule has 0 radical (unpaired) electrons. The molecule has 0 bridgehead atoms. The van der Waals surface area contributed by atoms with Gasteiger partial charge in [0.1, 0.15) is 0 Å². The molecule has 0 saturated heterocycles. The van der Waals surface area contributed by atoms with Gasteiger partial charge in [-0.05, 0) is 29.9 Å². The maximum absolute atomic E-state index is 3.95. The molecule has 0 spiro atoms. The van der Waals surface area contributed by atoms with Gasteiger partial charge in [0.15, 0.2) is 0 Å². The zero-order valence-corrected chi connectivity index (χ0v) is 8.33. The van der Waals surface area contributed by atoms with Crippen LogP contribution in [-0.4, -0.2) is 10.2 Å². The standard InChI is InChI=1S/C11H14N2/c1-8-4-5-11(2,3)10-7-13-12-6-9(8)10/h4,6-7H,5H2,1-3H3. The van der Waals surface area contributed by atoms with E-state index in [2.05, 4.69) is 37.0 Å². The fourth-order valence-electron chi connectivity index (χ4n) is 1.80. The van der Waals surface area contributed by atoms with Gasteiger partial charge in [-0.1, -0.05) is 19.9 Å². The van der Waals surface area contributed by atoms with Gasteiger partial charge in [-0.2, -0.15) is 10.2 Å². The Bertz CT molecular complexity index is 364. The lowest BCUT2D eigenvalue weighted by Gasteiger charge is -2.30. The van der Waals surface area contributed by atoms with E-state index in [1.165, 1.54) is 16.7 Å². The number of allylic oxidation sites excluding steroid dienone is 2. The van der Waals surface area contributed by atoms with E-state index in [4.69, 9.17) is 0 Å². The summed E-state index contributed by atoms with van der Waals surface area (Å²) < 4.78 is 0. The molecular formula is C11H14N2. The summed E-state index contributed by atoms with van der Waals surface area (Å²) in [5.41, 5.74) is 4.11. The van der Waals surface area contributed by atoms with Crippen molar-refractivity contribution in [3.8, 4) is 0 Å². The largest absolute Gasteiger partial charge is 0.159 e. The van der Waals surface area contributed by atoms with Gasteiger partial charge in [0.25, 0.3) is 0 Å². The Morgan fingerprint density at radius 1 is 1.23 bits per heavy atom. The molecular weight excluding hydrogens is 160 g/mol. The molecule has 2 nitrogen and oxygen atoms in total. The number of fused-ring (bicyclic) bond motifs is 1. The van der Waals surface area contributed by atoms with Gasteiger partial charge >= 0.3 is 0 Å². The van der Waals surface area contributed by atoms with E-state index >= 15 is 0 Å². The lowest BCUT2D eigenvalue weighted by Crippen LogP contribution is -2.21. The van der Waals surface area contributed by atoms with Gasteiger partial charge < -0.3 is 0 Å². The van der Waals surface area contributed by atoms with Crippen molar-refractivity contribution in [1.82, 2.24) is 10.2 Å². The topological polar surface area (TPSA) is 25.8 Å². The molecule has 1 aromatic heterocycles. The predicted octanol–water partition coefficient (Wildman–Crippen LogP) is 2.56. The fourth-order valence-corrected chi connectivity index (χ4v) is 1.80. The second-order valence-electron chi connectivity index (χ2n) is 4.29. The van der Waals surface area contributed by atoms with Gasteiger partial charge in [-0.15, -0.1) is 0 Å². The van der Waals surface area contributed by atoms with Gasteiger partial charge in [-0.25, -0.2) is 0 Å². The SMILES string of the molecule is CC1=CCC(C)(C)c2cnncc21. The minimum Gasteiger partial charge on any atom is -0.159 e. The summed E-state index contributed by atoms with van der Waals surface area (Å²) in [5, 5.41) is 7.87. The minimum atomic E-state index is 0.213. The smallest absolute Gasteiger partial charge is 0.0574 e. The maximum Gasteiger partial charge on any atom is 0.0574 e. The molecule has 2 heteroatoms. The van der Waals surface area contributed by atoms with E-state index in [1.54, 1.807) is 0 Å². The summed E-state index contributed by atoms with van der Waals surface area (Å²) in [6.45, 7) is 6.63. The highest BCUT2D eigenvalue weighted by Crippen LogP contribution is 2.37. The molecule has 68 valence electrons. The summed E-state index contributed by atoms with van der Waals surface area (Å²) in [4.78, 5) is 0. The monoisotopic (exact) mass is 174 g/mol. The molecule has 0 atom stereocenters. The molecule has 0 fully saturated rings. The second-order valence-corrected chi connectivity index (χ2v) is 4.29. The van der Waals surface area contributed by atoms with Crippen LogP contribution in [0.15, 0.2) is 18.5 Å². The van der Waals surface area contributed by atoms with Crippen molar-refractivity contribution in [2.75, 3.05) is 0 Å². The summed E-state index contributed by atoms with van der Waals surface area (Å²) in [5.74, 6) is 0. The Kier molecular flexibility index (Phi) is 1.72. The molecule has 0 saturated carbocycles. The molecule has 1 heterocycles. The first-order chi connectivity index (χ1) is 6.11. The third-order valence-electron chi connectivity index (χ3n) is 2.80. The molecule has 1 aromatic rings. The number of aromatic nitrogens is 2. The van der Waals surface area contributed by atoms with E-state index in [1.807, 2.05) is 12.4 Å². The van der Waals surface area contributed by atoms with Crippen LogP contribution in [-0.2, 0) is 5.41 Å². The third-order valence-corrected chi connectivity index (χ3v) is 2.80. The third kappa shape index (κ3) is 1.26. The number of nitrogens with zero attached hydrogens (tertiary/aromatic N) is 2. The molecule has 2 rings (SSSR count). The van der Waals surface area contributed by atoms with Crippen molar-refractivity contribution in [2.24, 2.45) is 0 Å². The first kappa shape index (κ1) is 8.42. The number of rotatable bonds is 0. The van der Waals surface area contributed by atoms with Crippen molar-refractivity contribution in [3.63, 3.8) is 0 Å². The zero-order chi connectivity index (χ0) is 9.47. The Balaban J connectivity index is 2.64. The van der Waals surface area contributed by atoms with Crippen LogP contribution in [0.2, 0.25) is 0 Å². The van der Waals surface area contributed by atoms with Crippen LogP contribution in [0.5, 0.6) is 0 Å². The van der Waals surface area contributed by atoms with Crippen molar-refractivity contribution in [1.29, 1.82) is 0 Å². The number of hydrogen-bond acceptors (Lipinski definition) is 2. The molecule has 1 aliphatic carbocycles. The van der Waals surface area contributed by atoms with Crippen LogP contribution in [0.4, 0.5) is 0 Å². The highest BCUT2D eigenvalue weighted by atomic mass is 15.1. The van der Waals surface area contributed by atoms with Crippen LogP contribution in [0, 0.1) is 0 Å². The quantitative estimate of drug-likeness (QED) is 0.604. The molecule has 1 aliphatic rings. The van der Waals surface area contributed by atoms with E-state index in [0.29, 0.717) is 0 Å². The van der Waals surface area contributed by atoms with Gasteiger partial charge in [0, 0.05) is 5.56 Å². The lowest BCUT2D eigenvalue weighted by atomic mass is 9.75. The summed E-state index contributed by atoms with van der Waals surface area (Å²) >= 11 is 0. The van der Waals surface area contributed by atoms with Crippen LogP contribution < -0.4 is 0 Å². The predicted molar refractivity (Wildman–Crippen MR) is 53.3 cm³/mol. The Morgan fingerprint density at radius 2 is 1.92 bits per heavy atom. The van der Waals surface area contributed by atoms with Crippen LogP contribution in [0.3, 0.4) is 0 Å². The van der Waals surface area contributed by atoms with E-state index in [-0.39, 0.29) is 5.41 Å². The molecule has 0 amide bonds. The molecule has 0 aromatic carbocycles. The van der Waals surface area contributed by atoms with E-state index < -0.39 is 0 Å². The minimum absolute atomic E-state index is 0.213. The summed E-state index contributed by atoms with van der Waals surface area (Å²) in [6, 6.07) is 0. The van der Waals surface area contributed by atoms with Gasteiger partial charge in [0.05, 0.1) is 12.4 Å². The van der Waals surface area contributed by atoms with Crippen LogP contribution >= 0.6 is 0 Å². The van der Waals surface area contributed by atoms with E-state index in [0.717, 1.165) is 6.42 Å². The maximum atomic E-state index is 3.95. The average molecular weight is 174 g/mol. The van der Waals surface area contributed by atoms with Crippen molar-refractivity contribution >= 4 is 5.57 Å². The first-order valence-electron chi connectivity index (χ1n) is 4.59. The molecule has 0 unspecified atom stereocenters. The highest BCUT2D eigenvalue weighted by molar-refractivity contribution is 5.69.